The van der Waals surface area contributed by atoms with Gasteiger partial charge < -0.3 is 9.29 Å². The van der Waals surface area contributed by atoms with Gasteiger partial charge in [-0.25, -0.2) is 4.79 Å². The summed E-state index contributed by atoms with van der Waals surface area (Å²) in [5.41, 5.74) is 0. The molecule has 0 saturated carbocycles. The lowest BCUT2D eigenvalue weighted by Crippen LogP contribution is -2.14. The van der Waals surface area contributed by atoms with Crippen LogP contribution in [-0.4, -0.2) is 26.6 Å². The minimum Gasteiger partial charge on any atom is -0.772 e. The zero-order valence-electron chi connectivity index (χ0n) is 8.23. The van der Waals surface area contributed by atoms with Gasteiger partial charge in [0.2, 0.25) is 0 Å². The number of ether oxygens (including phenoxy) is 1. The van der Waals surface area contributed by atoms with Crippen LogP contribution in [0.25, 0.3) is 0 Å². The molecule has 0 aliphatic heterocycles. The molecule has 4 nitrogen and oxygen atoms in total. The Labute approximate surface area is 86.6 Å². The summed E-state index contributed by atoms with van der Waals surface area (Å²) in [6.07, 6.45) is 2.76. The summed E-state index contributed by atoms with van der Waals surface area (Å²) in [4.78, 5) is 10.6. The highest BCUT2D eigenvalue weighted by Gasteiger charge is 2.06. The molecule has 0 aromatic carbocycles. The van der Waals surface area contributed by atoms with Crippen molar-refractivity contribution in [2.45, 2.75) is 31.4 Å². The first-order valence-corrected chi connectivity index (χ1v) is 5.62. The molecule has 2 atom stereocenters. The van der Waals surface area contributed by atoms with Crippen LogP contribution in [0.2, 0.25) is 0 Å². The first-order chi connectivity index (χ1) is 6.61. The summed E-state index contributed by atoms with van der Waals surface area (Å²) >= 11 is -2.03. The molecule has 0 rings (SSSR count). The molecule has 0 aromatic heterocycles. The van der Waals surface area contributed by atoms with Crippen molar-refractivity contribution in [3.05, 3.63) is 12.7 Å². The third-order valence-corrected chi connectivity index (χ3v) is 2.92. The molecule has 0 aliphatic carbocycles. The standard InChI is InChI=1S/C9H16O4S/c1-3-8(14(11)12)6-5-7-13-9(10)4-2/h4,8H,2-3,5-7H2,1H3,(H,11,12)/p-1. The summed E-state index contributed by atoms with van der Waals surface area (Å²) in [5, 5.41) is -0.336. The van der Waals surface area contributed by atoms with E-state index < -0.39 is 17.0 Å². The Bertz CT molecular complexity index is 215. The van der Waals surface area contributed by atoms with Gasteiger partial charge in [0.05, 0.1) is 6.61 Å². The Kier molecular flexibility index (Phi) is 7.32. The van der Waals surface area contributed by atoms with E-state index in [9.17, 15) is 13.6 Å². The lowest BCUT2D eigenvalue weighted by molar-refractivity contribution is -0.137. The topological polar surface area (TPSA) is 66.4 Å². The lowest BCUT2D eigenvalue weighted by Gasteiger charge is -2.17. The van der Waals surface area contributed by atoms with E-state index in [4.69, 9.17) is 4.74 Å². The normalized spacial score (nSPS) is 14.4. The molecule has 82 valence electrons. The summed E-state index contributed by atoms with van der Waals surface area (Å²) in [6, 6.07) is 0. The average molecular weight is 219 g/mol. The third-order valence-electron chi connectivity index (χ3n) is 1.81. The molecular weight excluding hydrogens is 204 g/mol. The van der Waals surface area contributed by atoms with E-state index in [0.29, 0.717) is 19.3 Å². The van der Waals surface area contributed by atoms with Gasteiger partial charge in [-0.15, -0.1) is 0 Å². The van der Waals surface area contributed by atoms with Crippen molar-refractivity contribution in [1.82, 2.24) is 0 Å². The van der Waals surface area contributed by atoms with Crippen molar-refractivity contribution >= 4 is 17.0 Å². The Morgan fingerprint density at radius 3 is 2.79 bits per heavy atom. The number of esters is 1. The summed E-state index contributed by atoms with van der Waals surface area (Å²) in [6.45, 7) is 5.31. The first kappa shape index (κ1) is 13.3. The minimum atomic E-state index is -2.03. The van der Waals surface area contributed by atoms with Gasteiger partial charge in [0.15, 0.2) is 0 Å². The van der Waals surface area contributed by atoms with Gasteiger partial charge in [0.1, 0.15) is 0 Å². The van der Waals surface area contributed by atoms with E-state index in [1.54, 1.807) is 0 Å². The number of carbonyl (C=O) groups is 1. The molecular formula is C9H15O4S-. The van der Waals surface area contributed by atoms with E-state index >= 15 is 0 Å². The monoisotopic (exact) mass is 219 g/mol. The second-order valence-corrected chi connectivity index (χ2v) is 3.99. The van der Waals surface area contributed by atoms with Crippen LogP contribution in [0.1, 0.15) is 26.2 Å². The van der Waals surface area contributed by atoms with Crippen molar-refractivity contribution in [2.75, 3.05) is 6.61 Å². The van der Waals surface area contributed by atoms with Crippen LogP contribution >= 0.6 is 0 Å². The SMILES string of the molecule is C=CC(=O)OCCCC(CC)S(=O)[O-]. The number of rotatable bonds is 7. The molecule has 0 aliphatic rings. The molecule has 5 heteroatoms. The number of hydrogen-bond acceptors (Lipinski definition) is 4. The lowest BCUT2D eigenvalue weighted by atomic mass is 10.2. The number of hydrogen-bond donors (Lipinski definition) is 0. The molecule has 0 saturated heterocycles. The smallest absolute Gasteiger partial charge is 0.330 e. The zero-order valence-corrected chi connectivity index (χ0v) is 9.05. The average Bonchev–Trinajstić information content (AvgIpc) is 2.16. The molecule has 0 N–H and O–H groups in total. The third kappa shape index (κ3) is 5.88. The fraction of sp³-hybridized carbons (Fsp3) is 0.667. The second-order valence-electron chi connectivity index (χ2n) is 2.80. The molecule has 14 heavy (non-hydrogen) atoms. The van der Waals surface area contributed by atoms with Crippen LogP contribution in [0.3, 0.4) is 0 Å². The van der Waals surface area contributed by atoms with Gasteiger partial charge in [0.25, 0.3) is 0 Å². The predicted molar refractivity (Wildman–Crippen MR) is 53.4 cm³/mol. The highest BCUT2D eigenvalue weighted by Crippen LogP contribution is 2.07. The fourth-order valence-electron chi connectivity index (χ4n) is 0.979. The fourth-order valence-corrected chi connectivity index (χ4v) is 1.61. The van der Waals surface area contributed by atoms with Crippen molar-refractivity contribution < 1.29 is 18.3 Å². The maximum atomic E-state index is 10.6. The molecule has 0 bridgehead atoms. The Morgan fingerprint density at radius 1 is 1.71 bits per heavy atom. The van der Waals surface area contributed by atoms with Crippen LogP contribution in [0.4, 0.5) is 0 Å². The van der Waals surface area contributed by atoms with Gasteiger partial charge in [0, 0.05) is 11.3 Å². The van der Waals surface area contributed by atoms with E-state index in [0.717, 1.165) is 6.08 Å². The molecule has 0 aromatic rings. The van der Waals surface area contributed by atoms with Gasteiger partial charge in [-0.3, -0.25) is 4.21 Å². The molecule has 2 unspecified atom stereocenters. The predicted octanol–water partition coefficient (Wildman–Crippen LogP) is 1.15. The van der Waals surface area contributed by atoms with Crippen molar-refractivity contribution in [3.63, 3.8) is 0 Å². The summed E-state index contributed by atoms with van der Waals surface area (Å²) < 4.78 is 25.9. The van der Waals surface area contributed by atoms with Crippen molar-refractivity contribution in [1.29, 1.82) is 0 Å². The van der Waals surface area contributed by atoms with Gasteiger partial charge in [-0.1, -0.05) is 24.6 Å². The Hall–Kier alpha value is -0.680. The minimum absolute atomic E-state index is 0.249. The van der Waals surface area contributed by atoms with Crippen LogP contribution < -0.4 is 0 Å². The van der Waals surface area contributed by atoms with Crippen LogP contribution in [0.15, 0.2) is 12.7 Å². The maximum absolute atomic E-state index is 10.6. The highest BCUT2D eigenvalue weighted by molar-refractivity contribution is 7.79. The van der Waals surface area contributed by atoms with E-state index in [-0.39, 0.29) is 11.9 Å². The van der Waals surface area contributed by atoms with Crippen molar-refractivity contribution in [3.8, 4) is 0 Å². The molecule has 0 spiro atoms. The van der Waals surface area contributed by atoms with Gasteiger partial charge >= 0.3 is 5.97 Å². The molecule has 0 heterocycles. The van der Waals surface area contributed by atoms with Crippen molar-refractivity contribution in [2.24, 2.45) is 0 Å². The maximum Gasteiger partial charge on any atom is 0.330 e. The molecule has 0 radical (unpaired) electrons. The van der Waals surface area contributed by atoms with Gasteiger partial charge in [-0.05, 0) is 19.3 Å². The summed E-state index contributed by atoms with van der Waals surface area (Å²) in [7, 11) is 0. The van der Waals surface area contributed by atoms with E-state index in [2.05, 4.69) is 6.58 Å². The highest BCUT2D eigenvalue weighted by atomic mass is 32.2. The number of carbonyl (C=O) groups excluding carboxylic acids is 1. The Balaban J connectivity index is 3.57. The van der Waals surface area contributed by atoms with E-state index in [1.165, 1.54) is 0 Å². The quantitative estimate of drug-likeness (QED) is 0.279. The van der Waals surface area contributed by atoms with Gasteiger partial charge in [-0.2, -0.15) is 0 Å². The Morgan fingerprint density at radius 2 is 2.36 bits per heavy atom. The largest absolute Gasteiger partial charge is 0.772 e. The molecule has 0 amide bonds. The van der Waals surface area contributed by atoms with E-state index in [1.807, 2.05) is 6.92 Å². The van der Waals surface area contributed by atoms with Crippen LogP contribution in [-0.2, 0) is 20.6 Å². The molecule has 0 fully saturated rings. The first-order valence-electron chi connectivity index (χ1n) is 4.49. The van der Waals surface area contributed by atoms with Crippen LogP contribution in [0.5, 0.6) is 0 Å². The second kappa shape index (κ2) is 7.70. The summed E-state index contributed by atoms with van der Waals surface area (Å²) in [5.74, 6) is -0.471. The van der Waals surface area contributed by atoms with Crippen LogP contribution in [0, 0.1) is 0 Å². The zero-order chi connectivity index (χ0) is 11.0.